The van der Waals surface area contributed by atoms with Crippen molar-refractivity contribution in [3.63, 3.8) is 0 Å². The topological polar surface area (TPSA) is 80.7 Å². The summed E-state index contributed by atoms with van der Waals surface area (Å²) in [5.74, 6) is 2.00. The van der Waals surface area contributed by atoms with Crippen LogP contribution < -0.4 is 0 Å². The Morgan fingerprint density at radius 3 is 2.55 bits per heavy atom. The Kier molecular flexibility index (Phi) is 6.02. The molecule has 0 aromatic carbocycles. The number of hydrogen-bond donors (Lipinski definition) is 1. The van der Waals surface area contributed by atoms with E-state index >= 15 is 0 Å². The number of fused-ring (bicyclic) bond motifs is 5. The van der Waals surface area contributed by atoms with E-state index in [9.17, 15) is 14.4 Å². The van der Waals surface area contributed by atoms with Crippen molar-refractivity contribution >= 4 is 17.7 Å². The molecule has 0 aliphatic heterocycles. The molecule has 4 aliphatic rings. The molecule has 0 aromatic rings. The van der Waals surface area contributed by atoms with E-state index in [2.05, 4.69) is 20.8 Å². The zero-order chi connectivity index (χ0) is 22.6. The van der Waals surface area contributed by atoms with Gasteiger partial charge in [0.25, 0.3) is 0 Å². The third-order valence-electron chi connectivity index (χ3n) is 10.2. The second kappa shape index (κ2) is 8.19. The van der Waals surface area contributed by atoms with Crippen LogP contribution in [0.3, 0.4) is 0 Å². The van der Waals surface area contributed by atoms with E-state index in [4.69, 9.17) is 9.84 Å². The first-order chi connectivity index (χ1) is 14.6. The average Bonchev–Trinajstić information content (AvgIpc) is 3.02. The molecule has 4 aliphatic carbocycles. The first kappa shape index (κ1) is 22.8. The molecule has 0 radical (unpaired) electrons. The highest BCUT2D eigenvalue weighted by atomic mass is 16.5. The standard InChI is InChI=1S/C26H40O5/c1-15(5-10-23(29)30)20-8-9-21-19-7-6-17-13-18(31-16(2)27)11-12-25(17,3)24(19)22(28)14-26(20,21)4/h15,17-21,24H,5-14H2,1-4H3,(H,29,30)/t15-,17+,18-,19+,20-,21+,24-,25+,26-/m1/s1. The number of carbonyl (C=O) groups is 3. The minimum Gasteiger partial charge on any atom is -0.481 e. The van der Waals surface area contributed by atoms with E-state index in [1.807, 2.05) is 0 Å². The van der Waals surface area contributed by atoms with Gasteiger partial charge in [-0.15, -0.1) is 0 Å². The summed E-state index contributed by atoms with van der Waals surface area (Å²) in [6.07, 6.45) is 8.93. The van der Waals surface area contributed by atoms with Crippen molar-refractivity contribution in [2.24, 2.45) is 46.3 Å². The van der Waals surface area contributed by atoms with Gasteiger partial charge in [-0.05, 0) is 91.8 Å². The number of carboxylic acids is 1. The van der Waals surface area contributed by atoms with Gasteiger partial charge in [0.2, 0.25) is 0 Å². The van der Waals surface area contributed by atoms with Crippen LogP contribution in [0.4, 0.5) is 0 Å². The van der Waals surface area contributed by atoms with E-state index in [0.29, 0.717) is 48.2 Å². The molecule has 5 heteroatoms. The maximum Gasteiger partial charge on any atom is 0.303 e. The fourth-order valence-electron chi connectivity index (χ4n) is 8.90. The molecule has 0 aromatic heterocycles. The molecular weight excluding hydrogens is 392 g/mol. The first-order valence-corrected chi connectivity index (χ1v) is 12.5. The molecule has 0 bridgehead atoms. The number of carboxylic acid groups (broad SMARTS) is 1. The summed E-state index contributed by atoms with van der Waals surface area (Å²) < 4.78 is 5.55. The van der Waals surface area contributed by atoms with Gasteiger partial charge in [-0.1, -0.05) is 20.8 Å². The molecule has 5 nitrogen and oxygen atoms in total. The summed E-state index contributed by atoms with van der Waals surface area (Å²) in [4.78, 5) is 36.3. The van der Waals surface area contributed by atoms with Gasteiger partial charge in [0.05, 0.1) is 0 Å². The van der Waals surface area contributed by atoms with E-state index in [1.54, 1.807) is 0 Å². The Morgan fingerprint density at radius 2 is 1.87 bits per heavy atom. The highest BCUT2D eigenvalue weighted by Gasteiger charge is 2.63. The number of hydrogen-bond acceptors (Lipinski definition) is 4. The normalized spacial score (nSPS) is 45.2. The van der Waals surface area contributed by atoms with Crippen LogP contribution in [0.5, 0.6) is 0 Å². The maximum atomic E-state index is 13.8. The number of esters is 1. The van der Waals surface area contributed by atoms with Crippen molar-refractivity contribution < 1.29 is 24.2 Å². The Bertz CT molecular complexity index is 746. The van der Waals surface area contributed by atoms with Crippen LogP contribution in [-0.4, -0.2) is 28.9 Å². The van der Waals surface area contributed by atoms with Crippen LogP contribution in [0.15, 0.2) is 0 Å². The highest BCUT2D eigenvalue weighted by Crippen LogP contribution is 2.67. The molecule has 174 valence electrons. The fourth-order valence-corrected chi connectivity index (χ4v) is 8.90. The monoisotopic (exact) mass is 432 g/mol. The zero-order valence-electron chi connectivity index (χ0n) is 19.7. The maximum absolute atomic E-state index is 13.8. The van der Waals surface area contributed by atoms with Crippen molar-refractivity contribution in [3.8, 4) is 0 Å². The summed E-state index contributed by atoms with van der Waals surface area (Å²) in [5.41, 5.74) is 0.0549. The van der Waals surface area contributed by atoms with E-state index in [-0.39, 0.29) is 35.2 Å². The summed E-state index contributed by atoms with van der Waals surface area (Å²) in [7, 11) is 0. The van der Waals surface area contributed by atoms with Crippen molar-refractivity contribution in [2.45, 2.75) is 98.0 Å². The zero-order valence-corrected chi connectivity index (χ0v) is 19.7. The van der Waals surface area contributed by atoms with Crippen molar-refractivity contribution in [2.75, 3.05) is 0 Å². The third-order valence-corrected chi connectivity index (χ3v) is 10.2. The first-order valence-electron chi connectivity index (χ1n) is 12.5. The van der Waals surface area contributed by atoms with Gasteiger partial charge < -0.3 is 9.84 Å². The molecule has 0 spiro atoms. The lowest BCUT2D eigenvalue weighted by atomic mass is 9.44. The van der Waals surface area contributed by atoms with E-state index in [0.717, 1.165) is 38.5 Å². The van der Waals surface area contributed by atoms with Gasteiger partial charge in [-0.2, -0.15) is 0 Å². The van der Waals surface area contributed by atoms with Crippen LogP contribution in [-0.2, 0) is 19.1 Å². The predicted molar refractivity (Wildman–Crippen MR) is 117 cm³/mol. The molecule has 0 heterocycles. The minimum absolute atomic E-state index is 0.0158. The molecular formula is C26H40O5. The molecule has 1 N–H and O–H groups in total. The van der Waals surface area contributed by atoms with Crippen LogP contribution in [0.1, 0.15) is 91.9 Å². The lowest BCUT2D eigenvalue weighted by molar-refractivity contribution is -0.169. The summed E-state index contributed by atoms with van der Waals surface area (Å²) >= 11 is 0. The third kappa shape index (κ3) is 3.84. The van der Waals surface area contributed by atoms with Gasteiger partial charge in [0.15, 0.2) is 0 Å². The number of carbonyl (C=O) groups excluding carboxylic acids is 2. The Hall–Kier alpha value is -1.39. The molecule has 0 saturated heterocycles. The number of Topliss-reactive ketones (excluding diaryl/α,β-unsaturated/α-hetero) is 1. The largest absolute Gasteiger partial charge is 0.481 e. The van der Waals surface area contributed by atoms with Gasteiger partial charge in [-0.25, -0.2) is 0 Å². The van der Waals surface area contributed by atoms with Crippen molar-refractivity contribution in [1.82, 2.24) is 0 Å². The Morgan fingerprint density at radius 1 is 1.13 bits per heavy atom. The summed E-state index contributed by atoms with van der Waals surface area (Å²) in [6.45, 7) is 8.38. The van der Waals surface area contributed by atoms with E-state index in [1.165, 1.54) is 13.3 Å². The molecule has 0 unspecified atom stereocenters. The second-order valence-corrected chi connectivity index (χ2v) is 11.8. The molecule has 0 amide bonds. The van der Waals surface area contributed by atoms with Gasteiger partial charge in [0, 0.05) is 25.7 Å². The number of rotatable bonds is 5. The molecule has 4 fully saturated rings. The smallest absolute Gasteiger partial charge is 0.303 e. The lowest BCUT2D eigenvalue weighted by Crippen LogP contribution is -2.58. The SMILES string of the molecule is CC(=O)O[C@@H]1CC[C@@]2(C)[C@@H](CC[C@H]3[C@@H]4CC[C@H]([C@H](C)CCC(=O)O)[C@@]4(C)CC(=O)[C@@H]32)C1. The predicted octanol–water partition coefficient (Wildman–Crippen LogP) is 5.26. The van der Waals surface area contributed by atoms with Crippen LogP contribution in [0, 0.1) is 46.3 Å². The van der Waals surface area contributed by atoms with Crippen molar-refractivity contribution in [3.05, 3.63) is 0 Å². The van der Waals surface area contributed by atoms with E-state index < -0.39 is 5.97 Å². The average molecular weight is 433 g/mol. The molecule has 31 heavy (non-hydrogen) atoms. The van der Waals surface area contributed by atoms with Crippen LogP contribution in [0.2, 0.25) is 0 Å². The summed E-state index contributed by atoms with van der Waals surface area (Å²) in [5, 5.41) is 9.12. The number of ether oxygens (including phenoxy) is 1. The van der Waals surface area contributed by atoms with Gasteiger partial charge in [-0.3, -0.25) is 14.4 Å². The quantitative estimate of drug-likeness (QED) is 0.600. The number of ketones is 1. The molecule has 4 saturated carbocycles. The summed E-state index contributed by atoms with van der Waals surface area (Å²) in [6, 6.07) is 0. The minimum atomic E-state index is -0.720. The second-order valence-electron chi connectivity index (χ2n) is 11.8. The Labute approximate surface area is 186 Å². The fraction of sp³-hybridized carbons (Fsp3) is 0.885. The van der Waals surface area contributed by atoms with Gasteiger partial charge >= 0.3 is 11.9 Å². The van der Waals surface area contributed by atoms with Crippen molar-refractivity contribution in [1.29, 1.82) is 0 Å². The van der Waals surface area contributed by atoms with Gasteiger partial charge in [0.1, 0.15) is 11.9 Å². The molecule has 9 atom stereocenters. The highest BCUT2D eigenvalue weighted by molar-refractivity contribution is 5.84. The lowest BCUT2D eigenvalue weighted by Gasteiger charge is -2.60. The van der Waals surface area contributed by atoms with Crippen LogP contribution in [0.25, 0.3) is 0 Å². The van der Waals surface area contributed by atoms with Crippen LogP contribution >= 0.6 is 0 Å². The molecule has 4 rings (SSSR count). The number of aliphatic carboxylic acids is 1. The Balaban J connectivity index is 1.53.